The molecule has 0 radical (unpaired) electrons. The van der Waals surface area contributed by atoms with Crippen LogP contribution in [-0.2, 0) is 6.42 Å². The lowest BCUT2D eigenvalue weighted by atomic mass is 9.96. The van der Waals surface area contributed by atoms with Crippen LogP contribution in [0.15, 0.2) is 42.1 Å². The maximum Gasteiger partial charge on any atom is 0.0708 e. The van der Waals surface area contributed by atoms with Crippen molar-refractivity contribution in [3.8, 4) is 11.3 Å². The van der Waals surface area contributed by atoms with Gasteiger partial charge < -0.3 is 0 Å². The van der Waals surface area contributed by atoms with E-state index in [1.165, 1.54) is 35.1 Å². The molecule has 1 aliphatic carbocycles. The Kier molecular flexibility index (Phi) is 3.20. The van der Waals surface area contributed by atoms with Crippen LogP contribution in [-0.4, -0.2) is 4.98 Å². The molecule has 0 aliphatic heterocycles. The lowest BCUT2D eigenvalue weighted by molar-refractivity contribution is 0.884. The lowest BCUT2D eigenvalue weighted by Gasteiger charge is -2.09. The Morgan fingerprint density at radius 3 is 2.79 bits per heavy atom. The maximum atomic E-state index is 4.50. The molecular formula is C18H19N. The van der Waals surface area contributed by atoms with Crippen LogP contribution >= 0.6 is 0 Å². The van der Waals surface area contributed by atoms with Crippen LogP contribution in [0.4, 0.5) is 0 Å². The fourth-order valence-corrected chi connectivity index (χ4v) is 2.88. The van der Waals surface area contributed by atoms with Gasteiger partial charge >= 0.3 is 0 Å². The monoisotopic (exact) mass is 249 g/mol. The Balaban J connectivity index is 2.11. The van der Waals surface area contributed by atoms with E-state index in [9.17, 15) is 0 Å². The number of aromatic nitrogens is 1. The van der Waals surface area contributed by atoms with E-state index in [1.54, 1.807) is 5.57 Å². The third-order valence-corrected chi connectivity index (χ3v) is 3.86. The Morgan fingerprint density at radius 1 is 1.16 bits per heavy atom. The van der Waals surface area contributed by atoms with Crippen LogP contribution in [0, 0.1) is 6.92 Å². The Labute approximate surface area is 115 Å². The topological polar surface area (TPSA) is 12.9 Å². The van der Waals surface area contributed by atoms with E-state index in [1.807, 2.05) is 12.3 Å². The molecule has 19 heavy (non-hydrogen) atoms. The molecule has 0 fully saturated rings. The largest absolute Gasteiger partial charge is 0.256 e. The minimum absolute atomic E-state index is 1.08. The summed E-state index contributed by atoms with van der Waals surface area (Å²) in [6.07, 6.45) is 7.80. The second-order valence-electron chi connectivity index (χ2n) is 5.27. The number of nitrogens with zero attached hydrogens (tertiary/aromatic N) is 1. The van der Waals surface area contributed by atoms with Crippen LogP contribution in [0.5, 0.6) is 0 Å². The van der Waals surface area contributed by atoms with E-state index in [2.05, 4.69) is 49.2 Å². The van der Waals surface area contributed by atoms with Gasteiger partial charge in [0.25, 0.3) is 0 Å². The Morgan fingerprint density at radius 2 is 2.05 bits per heavy atom. The SMILES string of the molecule is CCCC1=Cc2c(-c3ccccn3)ccc(C)c2C1. The van der Waals surface area contributed by atoms with E-state index >= 15 is 0 Å². The van der Waals surface area contributed by atoms with Gasteiger partial charge in [-0.25, -0.2) is 0 Å². The van der Waals surface area contributed by atoms with E-state index in [0.717, 1.165) is 12.1 Å². The smallest absolute Gasteiger partial charge is 0.0708 e. The molecular weight excluding hydrogens is 230 g/mol. The second-order valence-corrected chi connectivity index (χ2v) is 5.27. The number of rotatable bonds is 3. The predicted molar refractivity (Wildman–Crippen MR) is 81.0 cm³/mol. The number of hydrogen-bond donors (Lipinski definition) is 0. The summed E-state index contributed by atoms with van der Waals surface area (Å²) in [6.45, 7) is 4.46. The molecule has 96 valence electrons. The van der Waals surface area contributed by atoms with Crippen molar-refractivity contribution in [2.75, 3.05) is 0 Å². The van der Waals surface area contributed by atoms with Gasteiger partial charge in [-0.3, -0.25) is 4.98 Å². The molecule has 1 nitrogen and oxygen atoms in total. The van der Waals surface area contributed by atoms with Gasteiger partial charge in [0, 0.05) is 11.8 Å². The van der Waals surface area contributed by atoms with Crippen molar-refractivity contribution >= 4 is 6.08 Å². The Hall–Kier alpha value is -1.89. The molecule has 0 amide bonds. The molecule has 0 atom stereocenters. The first-order valence-electron chi connectivity index (χ1n) is 7.03. The molecule has 0 saturated heterocycles. The third kappa shape index (κ3) is 2.21. The van der Waals surface area contributed by atoms with Gasteiger partial charge in [-0.1, -0.05) is 43.2 Å². The summed E-state index contributed by atoms with van der Waals surface area (Å²) in [6, 6.07) is 10.6. The minimum atomic E-state index is 1.08. The molecule has 0 unspecified atom stereocenters. The quantitative estimate of drug-likeness (QED) is 0.761. The number of benzene rings is 1. The van der Waals surface area contributed by atoms with Crippen molar-refractivity contribution < 1.29 is 0 Å². The van der Waals surface area contributed by atoms with Crippen molar-refractivity contribution in [2.24, 2.45) is 0 Å². The molecule has 1 aromatic carbocycles. The first kappa shape index (κ1) is 12.2. The fourth-order valence-electron chi connectivity index (χ4n) is 2.88. The van der Waals surface area contributed by atoms with Crippen molar-refractivity contribution in [2.45, 2.75) is 33.1 Å². The summed E-state index contributed by atoms with van der Waals surface area (Å²) in [4.78, 5) is 4.50. The van der Waals surface area contributed by atoms with Crippen LogP contribution in [0.3, 0.4) is 0 Å². The Bertz CT molecular complexity index is 624. The molecule has 0 spiro atoms. The minimum Gasteiger partial charge on any atom is -0.256 e. The first-order valence-corrected chi connectivity index (χ1v) is 7.03. The molecule has 1 aliphatic rings. The molecule has 0 N–H and O–H groups in total. The highest BCUT2D eigenvalue weighted by atomic mass is 14.7. The molecule has 0 saturated carbocycles. The van der Waals surface area contributed by atoms with Crippen molar-refractivity contribution in [1.82, 2.24) is 4.98 Å². The summed E-state index contributed by atoms with van der Waals surface area (Å²) in [7, 11) is 0. The van der Waals surface area contributed by atoms with E-state index in [4.69, 9.17) is 0 Å². The predicted octanol–water partition coefficient (Wildman–Crippen LogP) is 4.80. The van der Waals surface area contributed by atoms with E-state index < -0.39 is 0 Å². The molecule has 1 heteroatoms. The molecule has 2 aromatic rings. The highest BCUT2D eigenvalue weighted by Crippen LogP contribution is 2.36. The number of aryl methyl sites for hydroxylation is 1. The summed E-state index contributed by atoms with van der Waals surface area (Å²) in [5.41, 5.74) is 8.19. The van der Waals surface area contributed by atoms with Crippen molar-refractivity contribution in [3.63, 3.8) is 0 Å². The molecule has 1 heterocycles. The van der Waals surface area contributed by atoms with Crippen LogP contribution in [0.1, 0.15) is 36.5 Å². The van der Waals surface area contributed by atoms with Crippen molar-refractivity contribution in [3.05, 3.63) is 58.8 Å². The van der Waals surface area contributed by atoms with E-state index in [0.29, 0.717) is 0 Å². The zero-order valence-corrected chi connectivity index (χ0v) is 11.6. The summed E-state index contributed by atoms with van der Waals surface area (Å²) in [5.74, 6) is 0. The standard InChI is InChI=1S/C18H19N/c1-3-6-14-11-16-13(2)8-9-15(17(16)12-14)18-7-4-5-10-19-18/h4-5,7-10,12H,3,6,11H2,1-2H3. The van der Waals surface area contributed by atoms with Gasteiger partial charge in [-0.05, 0) is 48.6 Å². The zero-order valence-electron chi connectivity index (χ0n) is 11.6. The average molecular weight is 249 g/mol. The van der Waals surface area contributed by atoms with Gasteiger partial charge in [0.1, 0.15) is 0 Å². The van der Waals surface area contributed by atoms with Crippen LogP contribution in [0.2, 0.25) is 0 Å². The summed E-state index contributed by atoms with van der Waals surface area (Å²) in [5, 5.41) is 0. The van der Waals surface area contributed by atoms with Crippen LogP contribution < -0.4 is 0 Å². The summed E-state index contributed by atoms with van der Waals surface area (Å²) < 4.78 is 0. The summed E-state index contributed by atoms with van der Waals surface area (Å²) >= 11 is 0. The number of allylic oxidation sites excluding steroid dienone is 1. The third-order valence-electron chi connectivity index (χ3n) is 3.86. The van der Waals surface area contributed by atoms with Gasteiger partial charge in [0.05, 0.1) is 5.69 Å². The lowest BCUT2D eigenvalue weighted by Crippen LogP contribution is -1.93. The van der Waals surface area contributed by atoms with Crippen molar-refractivity contribution in [1.29, 1.82) is 0 Å². The first-order chi connectivity index (χ1) is 9.29. The molecule has 1 aromatic heterocycles. The maximum absolute atomic E-state index is 4.50. The van der Waals surface area contributed by atoms with Gasteiger partial charge in [0.15, 0.2) is 0 Å². The highest BCUT2D eigenvalue weighted by molar-refractivity contribution is 5.80. The van der Waals surface area contributed by atoms with Gasteiger partial charge in [-0.2, -0.15) is 0 Å². The second kappa shape index (κ2) is 5.00. The van der Waals surface area contributed by atoms with Gasteiger partial charge in [-0.15, -0.1) is 0 Å². The molecule has 0 bridgehead atoms. The normalized spacial score (nSPS) is 13.3. The average Bonchev–Trinajstić information content (AvgIpc) is 2.85. The molecule has 3 rings (SSSR count). The fraction of sp³-hybridized carbons (Fsp3) is 0.278. The van der Waals surface area contributed by atoms with Gasteiger partial charge in [0.2, 0.25) is 0 Å². The zero-order chi connectivity index (χ0) is 13.2. The number of hydrogen-bond acceptors (Lipinski definition) is 1. The number of pyridine rings is 1. The van der Waals surface area contributed by atoms with E-state index in [-0.39, 0.29) is 0 Å². The van der Waals surface area contributed by atoms with Crippen LogP contribution in [0.25, 0.3) is 17.3 Å². The number of fused-ring (bicyclic) bond motifs is 1. The highest BCUT2D eigenvalue weighted by Gasteiger charge is 2.18.